The number of nitrogens with two attached hydrogens (primary N) is 1. The van der Waals surface area contributed by atoms with Gasteiger partial charge in [-0.05, 0) is 30.7 Å². The number of aryl methyl sites for hydroxylation is 1. The Balaban J connectivity index is 1.91. The fraction of sp³-hybridized carbons (Fsp3) is 0.286. The molecule has 1 atom stereocenters. The van der Waals surface area contributed by atoms with Gasteiger partial charge in [-0.25, -0.2) is 4.79 Å². The summed E-state index contributed by atoms with van der Waals surface area (Å²) < 4.78 is 1.78. The quantitative estimate of drug-likeness (QED) is 0.776. The van der Waals surface area contributed by atoms with Crippen LogP contribution in [0.1, 0.15) is 24.2 Å². The van der Waals surface area contributed by atoms with Crippen molar-refractivity contribution < 1.29 is 4.79 Å². The van der Waals surface area contributed by atoms with Crippen molar-refractivity contribution in [1.29, 1.82) is 0 Å². The van der Waals surface area contributed by atoms with Gasteiger partial charge in [-0.3, -0.25) is 4.68 Å². The molecule has 0 saturated heterocycles. The van der Waals surface area contributed by atoms with Gasteiger partial charge < -0.3 is 16.4 Å². The Bertz CT molecular complexity index is 576. The number of hydrogen-bond acceptors (Lipinski definition) is 3. The molecule has 2 aromatic rings. The van der Waals surface area contributed by atoms with E-state index in [-0.39, 0.29) is 6.04 Å². The van der Waals surface area contributed by atoms with E-state index in [1.54, 1.807) is 4.68 Å². The molecular weight excluding hydrogens is 254 g/mol. The molecule has 2 amide bonds. The minimum absolute atomic E-state index is 0.194. The Morgan fingerprint density at radius 2 is 2.05 bits per heavy atom. The number of carbonyl (C=O) groups is 1. The van der Waals surface area contributed by atoms with Crippen molar-refractivity contribution in [2.24, 2.45) is 12.8 Å². The van der Waals surface area contributed by atoms with E-state index in [1.807, 2.05) is 43.6 Å². The first-order valence-electron chi connectivity index (χ1n) is 6.43. The standard InChI is InChI=1S/C14H19N5O/c1-10(16-9-13-7-8-19(2)18-13)11-3-5-12(6-4-11)17-14(15)20/h3-8,10,16H,9H2,1-2H3,(H3,15,17,20). The van der Waals surface area contributed by atoms with Gasteiger partial charge in [0.25, 0.3) is 0 Å². The van der Waals surface area contributed by atoms with Gasteiger partial charge in [0.2, 0.25) is 0 Å². The number of anilines is 1. The Morgan fingerprint density at radius 3 is 2.60 bits per heavy atom. The molecule has 20 heavy (non-hydrogen) atoms. The molecule has 106 valence electrons. The molecule has 0 aliphatic heterocycles. The lowest BCUT2D eigenvalue weighted by Crippen LogP contribution is -2.20. The highest BCUT2D eigenvalue weighted by molar-refractivity contribution is 5.87. The lowest BCUT2D eigenvalue weighted by atomic mass is 10.1. The molecule has 4 N–H and O–H groups in total. The van der Waals surface area contributed by atoms with E-state index < -0.39 is 6.03 Å². The van der Waals surface area contributed by atoms with Gasteiger partial charge in [0, 0.05) is 31.5 Å². The zero-order chi connectivity index (χ0) is 14.5. The Hall–Kier alpha value is -2.34. The van der Waals surface area contributed by atoms with E-state index in [2.05, 4.69) is 22.7 Å². The van der Waals surface area contributed by atoms with Crippen molar-refractivity contribution >= 4 is 11.7 Å². The predicted octanol–water partition coefficient (Wildman–Crippen LogP) is 1.76. The van der Waals surface area contributed by atoms with Gasteiger partial charge in [-0.2, -0.15) is 5.10 Å². The van der Waals surface area contributed by atoms with E-state index in [0.29, 0.717) is 12.2 Å². The van der Waals surface area contributed by atoms with E-state index in [9.17, 15) is 4.79 Å². The molecule has 1 aromatic heterocycles. The van der Waals surface area contributed by atoms with E-state index in [4.69, 9.17) is 5.73 Å². The normalized spacial score (nSPS) is 12.1. The largest absolute Gasteiger partial charge is 0.351 e. The molecule has 6 nitrogen and oxygen atoms in total. The van der Waals surface area contributed by atoms with Crippen LogP contribution < -0.4 is 16.4 Å². The maximum absolute atomic E-state index is 10.7. The van der Waals surface area contributed by atoms with Crippen molar-refractivity contribution in [2.45, 2.75) is 19.5 Å². The topological polar surface area (TPSA) is 85.0 Å². The van der Waals surface area contributed by atoms with Crippen LogP contribution in [0.5, 0.6) is 0 Å². The van der Waals surface area contributed by atoms with Crippen LogP contribution in [-0.4, -0.2) is 15.8 Å². The van der Waals surface area contributed by atoms with Gasteiger partial charge in [0.05, 0.1) is 5.69 Å². The molecule has 0 spiro atoms. The zero-order valence-corrected chi connectivity index (χ0v) is 11.6. The summed E-state index contributed by atoms with van der Waals surface area (Å²) in [4.78, 5) is 10.7. The molecule has 1 heterocycles. The Kier molecular flexibility index (Phi) is 4.37. The third-order valence-corrected chi connectivity index (χ3v) is 3.04. The summed E-state index contributed by atoms with van der Waals surface area (Å²) >= 11 is 0. The van der Waals surface area contributed by atoms with E-state index in [0.717, 1.165) is 11.3 Å². The number of primary amides is 1. The first-order valence-corrected chi connectivity index (χ1v) is 6.43. The lowest BCUT2D eigenvalue weighted by molar-refractivity contribution is 0.259. The fourth-order valence-electron chi connectivity index (χ4n) is 1.93. The molecule has 0 saturated carbocycles. The van der Waals surface area contributed by atoms with Crippen molar-refractivity contribution in [3.05, 3.63) is 47.8 Å². The molecular formula is C14H19N5O. The summed E-state index contributed by atoms with van der Waals surface area (Å²) in [6, 6.07) is 9.21. The summed E-state index contributed by atoms with van der Waals surface area (Å²) in [5, 5.41) is 10.3. The number of rotatable bonds is 5. The van der Waals surface area contributed by atoms with Gasteiger partial charge in [-0.15, -0.1) is 0 Å². The highest BCUT2D eigenvalue weighted by Crippen LogP contribution is 2.16. The molecule has 6 heteroatoms. The monoisotopic (exact) mass is 273 g/mol. The predicted molar refractivity (Wildman–Crippen MR) is 78.1 cm³/mol. The maximum atomic E-state index is 10.7. The second-order valence-corrected chi connectivity index (χ2v) is 4.69. The molecule has 1 unspecified atom stereocenters. The molecule has 0 bridgehead atoms. The van der Waals surface area contributed by atoms with E-state index in [1.165, 1.54) is 0 Å². The van der Waals surface area contributed by atoms with Crippen molar-refractivity contribution in [3.63, 3.8) is 0 Å². The highest BCUT2D eigenvalue weighted by Gasteiger charge is 2.06. The molecule has 0 radical (unpaired) electrons. The lowest BCUT2D eigenvalue weighted by Gasteiger charge is -2.14. The third-order valence-electron chi connectivity index (χ3n) is 3.04. The number of nitrogens with zero attached hydrogens (tertiary/aromatic N) is 2. The second-order valence-electron chi connectivity index (χ2n) is 4.69. The van der Waals surface area contributed by atoms with Gasteiger partial charge in [0.1, 0.15) is 0 Å². The first kappa shape index (κ1) is 14.1. The maximum Gasteiger partial charge on any atom is 0.316 e. The first-order chi connectivity index (χ1) is 9.54. The third kappa shape index (κ3) is 3.83. The molecule has 0 aliphatic rings. The summed E-state index contributed by atoms with van der Waals surface area (Å²) in [6.07, 6.45) is 1.92. The summed E-state index contributed by atoms with van der Waals surface area (Å²) in [6.45, 7) is 2.79. The van der Waals surface area contributed by atoms with Gasteiger partial charge >= 0.3 is 6.03 Å². The van der Waals surface area contributed by atoms with Crippen LogP contribution in [0.4, 0.5) is 10.5 Å². The number of nitrogens with one attached hydrogen (secondary N) is 2. The van der Waals surface area contributed by atoms with Crippen molar-refractivity contribution in [1.82, 2.24) is 15.1 Å². The molecule has 1 aromatic carbocycles. The van der Waals surface area contributed by atoms with Crippen LogP contribution >= 0.6 is 0 Å². The van der Waals surface area contributed by atoms with Crippen LogP contribution in [-0.2, 0) is 13.6 Å². The van der Waals surface area contributed by atoms with Crippen LogP contribution in [0.2, 0.25) is 0 Å². The van der Waals surface area contributed by atoms with Crippen LogP contribution in [0.25, 0.3) is 0 Å². The summed E-state index contributed by atoms with van der Waals surface area (Å²) in [7, 11) is 1.90. The van der Waals surface area contributed by atoms with Crippen LogP contribution in [0, 0.1) is 0 Å². The van der Waals surface area contributed by atoms with E-state index >= 15 is 0 Å². The van der Waals surface area contributed by atoms with Gasteiger partial charge in [-0.1, -0.05) is 12.1 Å². The SMILES string of the molecule is CC(NCc1ccn(C)n1)c1ccc(NC(N)=O)cc1. The average molecular weight is 273 g/mol. The number of amides is 2. The fourth-order valence-corrected chi connectivity index (χ4v) is 1.93. The number of benzene rings is 1. The number of hydrogen-bond donors (Lipinski definition) is 3. The number of urea groups is 1. The smallest absolute Gasteiger partial charge is 0.316 e. The second kappa shape index (κ2) is 6.21. The Labute approximate surface area is 118 Å². The minimum Gasteiger partial charge on any atom is -0.351 e. The molecule has 0 aliphatic carbocycles. The van der Waals surface area contributed by atoms with Crippen LogP contribution in [0.15, 0.2) is 36.5 Å². The summed E-state index contributed by atoms with van der Waals surface area (Å²) in [5.74, 6) is 0. The Morgan fingerprint density at radius 1 is 1.35 bits per heavy atom. The molecule has 2 rings (SSSR count). The summed E-state index contributed by atoms with van der Waals surface area (Å²) in [5.41, 5.74) is 7.90. The zero-order valence-electron chi connectivity index (χ0n) is 11.6. The average Bonchev–Trinajstić information content (AvgIpc) is 2.82. The number of aromatic nitrogens is 2. The van der Waals surface area contributed by atoms with Crippen LogP contribution in [0.3, 0.4) is 0 Å². The molecule has 0 fully saturated rings. The minimum atomic E-state index is -0.556. The van der Waals surface area contributed by atoms with Crippen molar-refractivity contribution in [2.75, 3.05) is 5.32 Å². The number of carbonyl (C=O) groups excluding carboxylic acids is 1. The highest BCUT2D eigenvalue weighted by atomic mass is 16.2. The van der Waals surface area contributed by atoms with Crippen molar-refractivity contribution in [3.8, 4) is 0 Å². The van der Waals surface area contributed by atoms with Gasteiger partial charge in [0.15, 0.2) is 0 Å².